The zero-order chi connectivity index (χ0) is 13.0. The van der Waals surface area contributed by atoms with E-state index in [1.54, 1.807) is 7.11 Å². The molecule has 1 aliphatic rings. The third-order valence-electron chi connectivity index (χ3n) is 3.79. The Morgan fingerprint density at radius 3 is 2.78 bits per heavy atom. The summed E-state index contributed by atoms with van der Waals surface area (Å²) in [5.74, 6) is 1.30. The molecule has 0 aliphatic carbocycles. The van der Waals surface area contributed by atoms with Gasteiger partial charge >= 0.3 is 0 Å². The smallest absolute Gasteiger partial charge is 0.122 e. The van der Waals surface area contributed by atoms with Gasteiger partial charge in [0.15, 0.2) is 0 Å². The van der Waals surface area contributed by atoms with Gasteiger partial charge in [0.05, 0.1) is 13.2 Å². The number of aliphatic hydroxyl groups excluding tert-OH is 1. The van der Waals surface area contributed by atoms with E-state index in [0.29, 0.717) is 12.3 Å². The SMILES string of the molecule is COc1ccc(C)cc1CC(O)C1CCNCC1. The molecule has 0 amide bonds. The summed E-state index contributed by atoms with van der Waals surface area (Å²) in [5.41, 5.74) is 2.33. The molecule has 1 aliphatic heterocycles. The molecule has 3 nitrogen and oxygen atoms in total. The Hall–Kier alpha value is -1.06. The third-order valence-corrected chi connectivity index (χ3v) is 3.79. The van der Waals surface area contributed by atoms with Crippen molar-refractivity contribution >= 4 is 0 Å². The molecule has 0 aromatic heterocycles. The van der Waals surface area contributed by atoms with E-state index < -0.39 is 0 Å². The van der Waals surface area contributed by atoms with E-state index in [-0.39, 0.29) is 6.10 Å². The Labute approximate surface area is 109 Å². The van der Waals surface area contributed by atoms with Crippen LogP contribution in [-0.4, -0.2) is 31.4 Å². The maximum absolute atomic E-state index is 10.4. The minimum atomic E-state index is -0.261. The number of piperidine rings is 1. The minimum absolute atomic E-state index is 0.261. The number of rotatable bonds is 4. The summed E-state index contributed by atoms with van der Waals surface area (Å²) in [6, 6.07) is 6.14. The summed E-state index contributed by atoms with van der Waals surface area (Å²) in [6.07, 6.45) is 2.56. The molecule has 100 valence electrons. The number of benzene rings is 1. The van der Waals surface area contributed by atoms with Crippen molar-refractivity contribution in [3.05, 3.63) is 29.3 Å². The van der Waals surface area contributed by atoms with E-state index in [1.807, 2.05) is 12.1 Å². The molecule has 1 unspecified atom stereocenters. The van der Waals surface area contributed by atoms with Crippen molar-refractivity contribution in [3.8, 4) is 5.75 Å². The van der Waals surface area contributed by atoms with Crippen molar-refractivity contribution in [3.63, 3.8) is 0 Å². The minimum Gasteiger partial charge on any atom is -0.496 e. The van der Waals surface area contributed by atoms with E-state index in [2.05, 4.69) is 18.3 Å². The highest BCUT2D eigenvalue weighted by molar-refractivity contribution is 5.37. The second-order valence-corrected chi connectivity index (χ2v) is 5.17. The molecular formula is C15H23NO2. The number of aryl methyl sites for hydroxylation is 1. The van der Waals surface area contributed by atoms with E-state index in [4.69, 9.17) is 4.74 Å². The maximum atomic E-state index is 10.4. The van der Waals surface area contributed by atoms with Crippen LogP contribution < -0.4 is 10.1 Å². The van der Waals surface area contributed by atoms with Crippen molar-refractivity contribution in [2.24, 2.45) is 5.92 Å². The molecule has 1 aromatic rings. The van der Waals surface area contributed by atoms with E-state index >= 15 is 0 Å². The molecule has 0 saturated carbocycles. The predicted octanol–water partition coefficient (Wildman–Crippen LogP) is 1.91. The Morgan fingerprint density at radius 1 is 1.39 bits per heavy atom. The van der Waals surface area contributed by atoms with Gasteiger partial charge in [0.25, 0.3) is 0 Å². The Balaban J connectivity index is 2.05. The lowest BCUT2D eigenvalue weighted by Gasteiger charge is -2.27. The van der Waals surface area contributed by atoms with Gasteiger partial charge in [-0.1, -0.05) is 17.7 Å². The first-order valence-corrected chi connectivity index (χ1v) is 6.73. The number of nitrogens with one attached hydrogen (secondary N) is 1. The Morgan fingerprint density at radius 2 is 2.11 bits per heavy atom. The van der Waals surface area contributed by atoms with Crippen LogP contribution in [0.1, 0.15) is 24.0 Å². The van der Waals surface area contributed by atoms with Crippen LogP contribution in [0, 0.1) is 12.8 Å². The molecule has 1 fully saturated rings. The van der Waals surface area contributed by atoms with Crippen molar-refractivity contribution in [2.75, 3.05) is 20.2 Å². The molecule has 18 heavy (non-hydrogen) atoms. The second-order valence-electron chi connectivity index (χ2n) is 5.17. The van der Waals surface area contributed by atoms with Crippen LogP contribution in [0.4, 0.5) is 0 Å². The molecule has 3 heteroatoms. The van der Waals surface area contributed by atoms with Crippen molar-refractivity contribution < 1.29 is 9.84 Å². The van der Waals surface area contributed by atoms with Gasteiger partial charge in [-0.2, -0.15) is 0 Å². The quantitative estimate of drug-likeness (QED) is 0.856. The molecule has 1 saturated heterocycles. The Kier molecular flexibility index (Phi) is 4.61. The van der Waals surface area contributed by atoms with Gasteiger partial charge < -0.3 is 15.2 Å². The van der Waals surface area contributed by atoms with Gasteiger partial charge in [0, 0.05) is 6.42 Å². The average Bonchev–Trinajstić information content (AvgIpc) is 2.40. The van der Waals surface area contributed by atoms with Crippen LogP contribution in [0.5, 0.6) is 5.75 Å². The zero-order valence-corrected chi connectivity index (χ0v) is 11.3. The number of methoxy groups -OCH3 is 1. The summed E-state index contributed by atoms with van der Waals surface area (Å²) in [4.78, 5) is 0. The topological polar surface area (TPSA) is 41.5 Å². The first kappa shape index (κ1) is 13.4. The normalized spacial score (nSPS) is 18.6. The van der Waals surface area contributed by atoms with Gasteiger partial charge in [0.1, 0.15) is 5.75 Å². The number of hydrogen-bond donors (Lipinski definition) is 2. The van der Waals surface area contributed by atoms with Gasteiger partial charge in [0.2, 0.25) is 0 Å². The van der Waals surface area contributed by atoms with Crippen LogP contribution in [0.25, 0.3) is 0 Å². The van der Waals surface area contributed by atoms with Gasteiger partial charge in [-0.05, 0) is 50.4 Å². The van der Waals surface area contributed by atoms with E-state index in [9.17, 15) is 5.11 Å². The first-order valence-electron chi connectivity index (χ1n) is 6.73. The standard InChI is InChI=1S/C15H23NO2/c1-11-3-4-15(18-2)13(9-11)10-14(17)12-5-7-16-8-6-12/h3-4,9,12,14,16-17H,5-8,10H2,1-2H3. The van der Waals surface area contributed by atoms with Crippen LogP contribution in [0.3, 0.4) is 0 Å². The fourth-order valence-electron chi connectivity index (χ4n) is 2.69. The summed E-state index contributed by atoms with van der Waals surface area (Å²) in [6.45, 7) is 4.11. The lowest BCUT2D eigenvalue weighted by molar-refractivity contribution is 0.0885. The van der Waals surface area contributed by atoms with Crippen LogP contribution in [0.2, 0.25) is 0 Å². The summed E-state index contributed by atoms with van der Waals surface area (Å²) >= 11 is 0. The highest BCUT2D eigenvalue weighted by Gasteiger charge is 2.22. The molecule has 1 aromatic carbocycles. The molecule has 2 rings (SSSR count). The maximum Gasteiger partial charge on any atom is 0.122 e. The largest absolute Gasteiger partial charge is 0.496 e. The van der Waals surface area contributed by atoms with E-state index in [0.717, 1.165) is 37.2 Å². The van der Waals surface area contributed by atoms with Crippen LogP contribution in [0.15, 0.2) is 18.2 Å². The monoisotopic (exact) mass is 249 g/mol. The fraction of sp³-hybridized carbons (Fsp3) is 0.600. The molecule has 0 bridgehead atoms. The summed E-state index contributed by atoms with van der Waals surface area (Å²) < 4.78 is 5.37. The highest BCUT2D eigenvalue weighted by atomic mass is 16.5. The second kappa shape index (κ2) is 6.21. The molecule has 1 heterocycles. The Bertz CT molecular complexity index is 386. The number of hydrogen-bond acceptors (Lipinski definition) is 3. The highest BCUT2D eigenvalue weighted by Crippen LogP contribution is 2.25. The molecule has 0 radical (unpaired) electrons. The number of aliphatic hydroxyl groups is 1. The lowest BCUT2D eigenvalue weighted by atomic mass is 9.88. The van der Waals surface area contributed by atoms with Crippen molar-refractivity contribution in [1.29, 1.82) is 0 Å². The van der Waals surface area contributed by atoms with E-state index in [1.165, 1.54) is 5.56 Å². The number of ether oxygens (including phenoxy) is 1. The molecule has 0 spiro atoms. The average molecular weight is 249 g/mol. The molecular weight excluding hydrogens is 226 g/mol. The first-order chi connectivity index (χ1) is 8.70. The lowest BCUT2D eigenvalue weighted by Crippen LogP contribution is -2.35. The van der Waals surface area contributed by atoms with Gasteiger partial charge in [-0.15, -0.1) is 0 Å². The van der Waals surface area contributed by atoms with Crippen molar-refractivity contribution in [2.45, 2.75) is 32.3 Å². The summed E-state index contributed by atoms with van der Waals surface area (Å²) in [5, 5.41) is 13.7. The molecule has 2 N–H and O–H groups in total. The summed E-state index contributed by atoms with van der Waals surface area (Å²) in [7, 11) is 1.69. The zero-order valence-electron chi connectivity index (χ0n) is 11.3. The van der Waals surface area contributed by atoms with Crippen LogP contribution >= 0.6 is 0 Å². The molecule has 1 atom stereocenters. The van der Waals surface area contributed by atoms with Gasteiger partial charge in [-0.3, -0.25) is 0 Å². The predicted molar refractivity (Wildman–Crippen MR) is 73.0 cm³/mol. The van der Waals surface area contributed by atoms with Gasteiger partial charge in [-0.25, -0.2) is 0 Å². The third kappa shape index (κ3) is 3.24. The fourth-order valence-corrected chi connectivity index (χ4v) is 2.69. The van der Waals surface area contributed by atoms with Crippen LogP contribution in [-0.2, 0) is 6.42 Å². The van der Waals surface area contributed by atoms with Crippen molar-refractivity contribution in [1.82, 2.24) is 5.32 Å².